The smallest absolute Gasteiger partial charge is 0.273 e. The molecule has 3 atom stereocenters. The van der Waals surface area contributed by atoms with Crippen LogP contribution in [0.1, 0.15) is 29.0 Å². The first-order valence-electron chi connectivity index (χ1n) is 8.43. The number of aryl methyl sites for hydroxylation is 1. The van der Waals surface area contributed by atoms with Gasteiger partial charge < -0.3 is 10.6 Å². The van der Waals surface area contributed by atoms with Crippen molar-refractivity contribution in [2.75, 3.05) is 13.1 Å². The molecule has 1 aliphatic heterocycles. The van der Waals surface area contributed by atoms with Gasteiger partial charge in [-0.3, -0.25) is 4.79 Å². The fourth-order valence-electron chi connectivity index (χ4n) is 3.65. The van der Waals surface area contributed by atoms with E-state index in [1.54, 1.807) is 18.5 Å². The van der Waals surface area contributed by atoms with Gasteiger partial charge in [-0.05, 0) is 49.8 Å². The number of fused-ring (bicyclic) bond motifs is 1. The molecule has 0 radical (unpaired) electrons. The van der Waals surface area contributed by atoms with Gasteiger partial charge in [-0.25, -0.2) is 15.0 Å². The van der Waals surface area contributed by atoms with E-state index in [1.807, 2.05) is 24.0 Å². The maximum Gasteiger partial charge on any atom is 0.273 e. The van der Waals surface area contributed by atoms with Crippen molar-refractivity contribution in [2.24, 2.45) is 17.6 Å². The van der Waals surface area contributed by atoms with E-state index in [0.29, 0.717) is 29.5 Å². The summed E-state index contributed by atoms with van der Waals surface area (Å²) in [6.45, 7) is 3.17. The van der Waals surface area contributed by atoms with E-state index in [-0.39, 0.29) is 11.9 Å². The highest BCUT2D eigenvalue weighted by molar-refractivity contribution is 5.98. The molecule has 3 unspecified atom stereocenters. The number of amides is 1. The zero-order valence-corrected chi connectivity index (χ0v) is 13.7. The number of hydrogen-bond donors (Lipinski definition) is 1. The highest BCUT2D eigenvalue weighted by atomic mass is 16.2. The van der Waals surface area contributed by atoms with Crippen LogP contribution in [0.3, 0.4) is 0 Å². The standard InChI is InChI=1S/C18H21N5O/c1-11-3-4-15(17-20-5-2-6-21-17)16(22-11)18(24)23-10-13-7-12(13)8-14(23)9-19/h2-6,12-14H,7-10,19H2,1H3. The minimum atomic E-state index is -0.0537. The normalized spacial score (nSPS) is 25.2. The van der Waals surface area contributed by atoms with Crippen LogP contribution in [-0.2, 0) is 0 Å². The van der Waals surface area contributed by atoms with Crippen LogP contribution in [0.25, 0.3) is 11.4 Å². The molecule has 24 heavy (non-hydrogen) atoms. The molecule has 6 nitrogen and oxygen atoms in total. The highest BCUT2D eigenvalue weighted by Crippen LogP contribution is 2.47. The predicted octanol–water partition coefficient (Wildman–Crippen LogP) is 1.66. The SMILES string of the molecule is Cc1ccc(-c2ncccn2)c(C(=O)N2CC3CC3CC2CN)n1. The van der Waals surface area contributed by atoms with Crippen LogP contribution >= 0.6 is 0 Å². The molecule has 124 valence electrons. The molecule has 2 N–H and O–H groups in total. The van der Waals surface area contributed by atoms with E-state index in [9.17, 15) is 4.79 Å². The zero-order valence-electron chi connectivity index (χ0n) is 13.7. The number of carbonyl (C=O) groups is 1. The average Bonchev–Trinajstić information content (AvgIpc) is 3.39. The number of hydrogen-bond acceptors (Lipinski definition) is 5. The maximum absolute atomic E-state index is 13.2. The Bertz CT molecular complexity index is 763. The molecule has 4 rings (SSSR count). The Labute approximate surface area is 141 Å². The van der Waals surface area contributed by atoms with Gasteiger partial charge in [-0.1, -0.05) is 0 Å². The van der Waals surface area contributed by atoms with Crippen LogP contribution in [0.2, 0.25) is 0 Å². The van der Waals surface area contributed by atoms with Crippen molar-refractivity contribution < 1.29 is 4.79 Å². The van der Waals surface area contributed by atoms with Crippen LogP contribution in [0, 0.1) is 18.8 Å². The average molecular weight is 323 g/mol. The summed E-state index contributed by atoms with van der Waals surface area (Å²) in [4.78, 5) is 28.2. The number of rotatable bonds is 3. The molecule has 2 aromatic rings. The summed E-state index contributed by atoms with van der Waals surface area (Å²) < 4.78 is 0. The van der Waals surface area contributed by atoms with E-state index in [0.717, 1.165) is 24.6 Å². The lowest BCUT2D eigenvalue weighted by molar-refractivity contribution is 0.0605. The van der Waals surface area contributed by atoms with Crippen LogP contribution in [-0.4, -0.2) is 44.9 Å². The third-order valence-electron chi connectivity index (χ3n) is 5.09. The Morgan fingerprint density at radius 3 is 2.79 bits per heavy atom. The lowest BCUT2D eigenvalue weighted by Gasteiger charge is -2.34. The fraction of sp³-hybridized carbons (Fsp3) is 0.444. The molecule has 1 saturated heterocycles. The van der Waals surface area contributed by atoms with E-state index < -0.39 is 0 Å². The van der Waals surface area contributed by atoms with Gasteiger partial charge in [0.25, 0.3) is 5.91 Å². The van der Waals surface area contributed by atoms with Gasteiger partial charge >= 0.3 is 0 Å². The first-order chi connectivity index (χ1) is 11.7. The largest absolute Gasteiger partial charge is 0.333 e. The van der Waals surface area contributed by atoms with E-state index in [4.69, 9.17) is 5.73 Å². The second-order valence-electron chi connectivity index (χ2n) is 6.76. The number of likely N-dealkylation sites (tertiary alicyclic amines) is 1. The van der Waals surface area contributed by atoms with Gasteiger partial charge in [0, 0.05) is 37.2 Å². The Kier molecular flexibility index (Phi) is 3.76. The predicted molar refractivity (Wildman–Crippen MR) is 90.1 cm³/mol. The van der Waals surface area contributed by atoms with Gasteiger partial charge in [0.2, 0.25) is 0 Å². The third-order valence-corrected chi connectivity index (χ3v) is 5.09. The molecular formula is C18H21N5O. The molecule has 3 heterocycles. The highest BCUT2D eigenvalue weighted by Gasteiger charge is 2.47. The monoisotopic (exact) mass is 323 g/mol. The van der Waals surface area contributed by atoms with Gasteiger partial charge in [-0.2, -0.15) is 0 Å². The Morgan fingerprint density at radius 2 is 2.04 bits per heavy atom. The van der Waals surface area contributed by atoms with E-state index in [1.165, 1.54) is 6.42 Å². The molecular weight excluding hydrogens is 302 g/mol. The Morgan fingerprint density at radius 1 is 1.25 bits per heavy atom. The molecule has 2 aromatic heterocycles. The summed E-state index contributed by atoms with van der Waals surface area (Å²) in [5.41, 5.74) is 7.85. The van der Waals surface area contributed by atoms with Gasteiger partial charge in [-0.15, -0.1) is 0 Å². The lowest BCUT2D eigenvalue weighted by Crippen LogP contribution is -2.48. The minimum Gasteiger partial charge on any atom is -0.333 e. The third kappa shape index (κ3) is 2.67. The number of piperidine rings is 1. The fourth-order valence-corrected chi connectivity index (χ4v) is 3.65. The van der Waals surface area contributed by atoms with Crippen molar-refractivity contribution in [2.45, 2.75) is 25.8 Å². The Hall–Kier alpha value is -2.34. The van der Waals surface area contributed by atoms with Crippen molar-refractivity contribution in [3.05, 3.63) is 42.0 Å². The summed E-state index contributed by atoms with van der Waals surface area (Å²) in [5.74, 6) is 1.86. The van der Waals surface area contributed by atoms with Gasteiger partial charge in [0.15, 0.2) is 5.82 Å². The zero-order chi connectivity index (χ0) is 16.7. The lowest BCUT2D eigenvalue weighted by atomic mass is 10.0. The summed E-state index contributed by atoms with van der Waals surface area (Å²) in [7, 11) is 0. The van der Waals surface area contributed by atoms with Gasteiger partial charge in [0.05, 0.1) is 5.56 Å². The molecule has 6 heteroatoms. The number of nitrogens with zero attached hydrogens (tertiary/aromatic N) is 4. The van der Waals surface area contributed by atoms with E-state index >= 15 is 0 Å². The molecule has 0 bridgehead atoms. The summed E-state index contributed by atoms with van der Waals surface area (Å²) in [6, 6.07) is 5.63. The molecule has 1 aliphatic carbocycles. The second-order valence-corrected chi connectivity index (χ2v) is 6.76. The number of carbonyl (C=O) groups excluding carboxylic acids is 1. The second kappa shape index (κ2) is 5.94. The quantitative estimate of drug-likeness (QED) is 0.928. The molecule has 1 saturated carbocycles. The molecule has 1 amide bonds. The van der Waals surface area contributed by atoms with Crippen LogP contribution in [0.4, 0.5) is 0 Å². The first kappa shape index (κ1) is 15.2. The van der Waals surface area contributed by atoms with Crippen molar-refractivity contribution >= 4 is 5.91 Å². The van der Waals surface area contributed by atoms with Crippen molar-refractivity contribution in [3.8, 4) is 11.4 Å². The first-order valence-corrected chi connectivity index (χ1v) is 8.43. The minimum absolute atomic E-state index is 0.0537. The number of aromatic nitrogens is 3. The number of pyridine rings is 1. The van der Waals surface area contributed by atoms with Gasteiger partial charge in [0.1, 0.15) is 5.69 Å². The van der Waals surface area contributed by atoms with E-state index in [2.05, 4.69) is 15.0 Å². The van der Waals surface area contributed by atoms with Crippen molar-refractivity contribution in [1.29, 1.82) is 0 Å². The van der Waals surface area contributed by atoms with Crippen molar-refractivity contribution in [3.63, 3.8) is 0 Å². The molecule has 2 fully saturated rings. The Balaban J connectivity index is 1.72. The number of nitrogens with two attached hydrogens (primary N) is 1. The maximum atomic E-state index is 13.2. The molecule has 0 spiro atoms. The van der Waals surface area contributed by atoms with Crippen LogP contribution in [0.5, 0.6) is 0 Å². The summed E-state index contributed by atoms with van der Waals surface area (Å²) in [6.07, 6.45) is 5.58. The van der Waals surface area contributed by atoms with Crippen molar-refractivity contribution in [1.82, 2.24) is 19.9 Å². The van der Waals surface area contributed by atoms with Crippen LogP contribution < -0.4 is 5.73 Å². The molecule has 2 aliphatic rings. The van der Waals surface area contributed by atoms with Crippen LogP contribution in [0.15, 0.2) is 30.6 Å². The summed E-state index contributed by atoms with van der Waals surface area (Å²) >= 11 is 0. The summed E-state index contributed by atoms with van der Waals surface area (Å²) in [5, 5.41) is 0. The topological polar surface area (TPSA) is 85.0 Å². The molecule has 0 aromatic carbocycles.